The van der Waals surface area contributed by atoms with Crippen molar-refractivity contribution in [1.82, 2.24) is 0 Å². The maximum atomic E-state index is 12.3. The fourth-order valence-electron chi connectivity index (χ4n) is 0.698. The molecule has 0 amide bonds. The van der Waals surface area contributed by atoms with Gasteiger partial charge < -0.3 is 0 Å². The molecule has 0 aliphatic carbocycles. The van der Waals surface area contributed by atoms with E-state index in [0.717, 1.165) is 11.3 Å². The number of hydrogen-bond acceptors (Lipinski definition) is 1. The molecule has 1 aromatic rings. The van der Waals surface area contributed by atoms with Crippen LogP contribution in [0.4, 0.5) is 4.39 Å². The monoisotopic (exact) mass is 155 g/mol. The van der Waals surface area contributed by atoms with Crippen molar-refractivity contribution in [2.45, 2.75) is 5.75 Å². The second-order valence-electron chi connectivity index (χ2n) is 1.97. The molecule has 0 nitrogen and oxygen atoms in total. The molecule has 53 valence electrons. The number of rotatable bonds is 2. The van der Waals surface area contributed by atoms with Crippen molar-refractivity contribution in [1.29, 1.82) is 0 Å². The van der Waals surface area contributed by atoms with Crippen LogP contribution < -0.4 is 0 Å². The zero-order chi connectivity index (χ0) is 7.40. The molecule has 0 aromatic heterocycles. The Morgan fingerprint density at radius 2 is 1.90 bits per heavy atom. The van der Waals surface area contributed by atoms with Crippen LogP contribution in [-0.4, -0.2) is 0 Å². The Hall–Kier alpha value is -0.500. The topological polar surface area (TPSA) is 0 Å². The van der Waals surface area contributed by atoms with Crippen LogP contribution in [0, 0.1) is 12.1 Å². The predicted octanol–water partition coefficient (Wildman–Crippen LogP) is 2.85. The normalized spacial score (nSPS) is 9.80. The molecular formula is C8H8FS. The van der Waals surface area contributed by atoms with Crippen molar-refractivity contribution in [3.63, 3.8) is 0 Å². The summed E-state index contributed by atoms with van der Waals surface area (Å²) in [5.41, 5.74) is 1.11. The molecule has 0 heterocycles. The average Bonchev–Trinajstić information content (AvgIpc) is 1.95. The van der Waals surface area contributed by atoms with Crippen molar-refractivity contribution in [2.24, 2.45) is 0 Å². The highest BCUT2D eigenvalue weighted by Gasteiger charge is 1.90. The summed E-state index contributed by atoms with van der Waals surface area (Å²) in [5.74, 6) is 0.665. The van der Waals surface area contributed by atoms with E-state index in [-0.39, 0.29) is 5.82 Å². The summed E-state index contributed by atoms with van der Waals surface area (Å²) in [4.78, 5) is 0. The first-order valence-electron chi connectivity index (χ1n) is 2.94. The van der Waals surface area contributed by atoms with Crippen LogP contribution in [0.25, 0.3) is 0 Å². The molecule has 0 saturated carbocycles. The highest BCUT2D eigenvalue weighted by atomic mass is 32.2. The molecule has 0 N–H and O–H groups in total. The summed E-state index contributed by atoms with van der Waals surface area (Å²) in [6.45, 7) is 0. The smallest absolute Gasteiger partial charge is 0.123 e. The van der Waals surface area contributed by atoms with Crippen molar-refractivity contribution in [2.75, 3.05) is 0 Å². The van der Waals surface area contributed by atoms with Gasteiger partial charge in [-0.15, -0.1) is 0 Å². The third kappa shape index (κ3) is 2.03. The molecule has 0 saturated heterocycles. The molecule has 1 radical (unpaired) electrons. The van der Waals surface area contributed by atoms with Gasteiger partial charge in [0, 0.05) is 12.0 Å². The first-order valence-corrected chi connectivity index (χ1v) is 4.10. The molecular weight excluding hydrogens is 147 g/mol. The molecule has 0 unspecified atom stereocenters. The molecule has 0 aliphatic heterocycles. The number of benzene rings is 1. The van der Waals surface area contributed by atoms with Crippen LogP contribution in [0.3, 0.4) is 0 Å². The van der Waals surface area contributed by atoms with Gasteiger partial charge in [0.05, 0.1) is 0 Å². The summed E-state index contributed by atoms with van der Waals surface area (Å²) in [6, 6.07) is 6.47. The zero-order valence-corrected chi connectivity index (χ0v) is 6.33. The average molecular weight is 155 g/mol. The Bertz CT molecular complexity index is 193. The highest BCUT2D eigenvalue weighted by Crippen LogP contribution is 2.10. The van der Waals surface area contributed by atoms with Gasteiger partial charge in [-0.3, -0.25) is 0 Å². The highest BCUT2D eigenvalue weighted by molar-refractivity contribution is 7.99. The summed E-state index contributed by atoms with van der Waals surface area (Å²) in [7, 11) is 0. The minimum Gasteiger partial charge on any atom is -0.207 e. The Morgan fingerprint density at radius 3 is 2.40 bits per heavy atom. The molecule has 1 aromatic carbocycles. The Morgan fingerprint density at radius 1 is 1.30 bits per heavy atom. The van der Waals surface area contributed by atoms with Gasteiger partial charge in [-0.05, 0) is 17.7 Å². The number of halogens is 1. The van der Waals surface area contributed by atoms with Crippen molar-refractivity contribution >= 4 is 11.8 Å². The van der Waals surface area contributed by atoms with E-state index >= 15 is 0 Å². The van der Waals surface area contributed by atoms with Crippen LogP contribution in [0.15, 0.2) is 24.3 Å². The lowest BCUT2D eigenvalue weighted by Crippen LogP contribution is -1.78. The van der Waals surface area contributed by atoms with Gasteiger partial charge in [-0.25, -0.2) is 4.39 Å². The second-order valence-corrected chi connectivity index (χ2v) is 2.67. The fraction of sp³-hybridized carbons (Fsp3) is 0.125. The second kappa shape index (κ2) is 3.62. The van der Waals surface area contributed by atoms with Gasteiger partial charge >= 0.3 is 0 Å². The lowest BCUT2D eigenvalue weighted by atomic mass is 10.2. The van der Waals surface area contributed by atoms with E-state index in [9.17, 15) is 4.39 Å². The first kappa shape index (κ1) is 7.61. The number of thioether (sulfide) groups is 1. The SMILES string of the molecule is [CH2]SCc1ccc(F)cc1. The molecule has 1 rings (SSSR count). The van der Waals surface area contributed by atoms with Gasteiger partial charge in [0.15, 0.2) is 0 Å². The maximum absolute atomic E-state index is 12.3. The standard InChI is InChI=1S/C8H8FS/c1-10-6-7-2-4-8(9)5-3-7/h2-5H,1,6H2. The largest absolute Gasteiger partial charge is 0.207 e. The lowest BCUT2D eigenvalue weighted by Gasteiger charge is -1.95. The van der Waals surface area contributed by atoms with Crippen molar-refractivity contribution in [3.05, 3.63) is 41.9 Å². The van der Waals surface area contributed by atoms with Crippen LogP contribution in [0.5, 0.6) is 0 Å². The molecule has 2 heteroatoms. The summed E-state index contributed by atoms with van der Waals surface area (Å²) in [5, 5.41) is 0. The van der Waals surface area contributed by atoms with Crippen LogP contribution in [-0.2, 0) is 5.75 Å². The van der Waals surface area contributed by atoms with Crippen LogP contribution in [0.2, 0.25) is 0 Å². The predicted molar refractivity (Wildman–Crippen MR) is 43.1 cm³/mol. The first-order chi connectivity index (χ1) is 4.83. The van der Waals surface area contributed by atoms with Crippen molar-refractivity contribution in [3.8, 4) is 0 Å². The number of hydrogen-bond donors (Lipinski definition) is 0. The summed E-state index contributed by atoms with van der Waals surface area (Å²) < 4.78 is 12.3. The van der Waals surface area contributed by atoms with Gasteiger partial charge in [0.25, 0.3) is 0 Å². The van der Waals surface area contributed by atoms with E-state index < -0.39 is 0 Å². The van der Waals surface area contributed by atoms with E-state index in [2.05, 4.69) is 6.26 Å². The summed E-state index contributed by atoms with van der Waals surface area (Å²) in [6.07, 6.45) is 3.63. The summed E-state index contributed by atoms with van der Waals surface area (Å²) >= 11 is 1.49. The molecule has 0 bridgehead atoms. The van der Waals surface area contributed by atoms with Crippen molar-refractivity contribution < 1.29 is 4.39 Å². The van der Waals surface area contributed by atoms with Gasteiger partial charge in [0.2, 0.25) is 0 Å². The van der Waals surface area contributed by atoms with E-state index in [0.29, 0.717) is 0 Å². The minimum atomic E-state index is -0.183. The Balaban J connectivity index is 2.69. The minimum absolute atomic E-state index is 0.183. The molecule has 0 aliphatic rings. The molecule has 0 atom stereocenters. The molecule has 10 heavy (non-hydrogen) atoms. The van der Waals surface area contributed by atoms with Gasteiger partial charge in [0.1, 0.15) is 5.82 Å². The Kier molecular flexibility index (Phi) is 2.75. The van der Waals surface area contributed by atoms with Gasteiger partial charge in [-0.2, -0.15) is 11.8 Å². The fourth-order valence-corrected chi connectivity index (χ4v) is 1.13. The van der Waals surface area contributed by atoms with Gasteiger partial charge in [-0.1, -0.05) is 12.1 Å². The quantitative estimate of drug-likeness (QED) is 0.632. The Labute approximate surface area is 64.4 Å². The molecule has 0 spiro atoms. The van der Waals surface area contributed by atoms with E-state index in [4.69, 9.17) is 0 Å². The lowest BCUT2D eigenvalue weighted by molar-refractivity contribution is 0.627. The third-order valence-corrected chi connectivity index (χ3v) is 1.72. The van der Waals surface area contributed by atoms with Crippen LogP contribution >= 0.6 is 11.8 Å². The van der Waals surface area contributed by atoms with Crippen LogP contribution in [0.1, 0.15) is 5.56 Å². The molecule has 0 fully saturated rings. The van der Waals surface area contributed by atoms with E-state index in [1.165, 1.54) is 23.9 Å². The third-order valence-electron chi connectivity index (χ3n) is 1.18. The maximum Gasteiger partial charge on any atom is 0.123 e. The van der Waals surface area contributed by atoms with E-state index in [1.807, 2.05) is 0 Å². The van der Waals surface area contributed by atoms with E-state index in [1.54, 1.807) is 12.1 Å². The zero-order valence-electron chi connectivity index (χ0n) is 5.51.